The summed E-state index contributed by atoms with van der Waals surface area (Å²) >= 11 is 3.68. The fraction of sp³-hybridized carbons (Fsp3) is 0.182. The van der Waals surface area contributed by atoms with E-state index in [0.29, 0.717) is 0 Å². The molecule has 0 unspecified atom stereocenters. The van der Waals surface area contributed by atoms with Gasteiger partial charge in [0, 0.05) is 4.47 Å². The van der Waals surface area contributed by atoms with Crippen LogP contribution in [-0.4, -0.2) is 19.0 Å². The summed E-state index contributed by atoms with van der Waals surface area (Å²) in [4.78, 5) is 2.37. The summed E-state index contributed by atoms with van der Waals surface area (Å²) in [5.41, 5.74) is 6.69. The second kappa shape index (κ2) is 5.87. The largest absolute Gasteiger partial charge is 0.296 e. The van der Waals surface area contributed by atoms with Gasteiger partial charge < -0.3 is 0 Å². The number of halogens is 1. The molecule has 1 atom stereocenters. The summed E-state index contributed by atoms with van der Waals surface area (Å²) in [6, 6.07) is 26.3. The highest BCUT2D eigenvalue weighted by molar-refractivity contribution is 9.10. The lowest BCUT2D eigenvalue weighted by Crippen LogP contribution is -2.43. The molecular formula is C22H20BrN. The quantitative estimate of drug-likeness (QED) is 0.584. The van der Waals surface area contributed by atoms with E-state index in [4.69, 9.17) is 0 Å². The molecule has 0 spiro atoms. The standard InChI is InChI=1S/C22H20BrN/c1-24(2)22(15-16-8-4-3-5-9-16)20-11-7-6-10-18(20)19-13-12-17(23)14-21(19)22/h3-14H,15H2,1-2H3/t22-/m0/s1. The van der Waals surface area contributed by atoms with Gasteiger partial charge >= 0.3 is 0 Å². The van der Waals surface area contributed by atoms with Crippen molar-refractivity contribution in [3.05, 3.63) is 94.0 Å². The van der Waals surface area contributed by atoms with Crippen molar-refractivity contribution in [2.75, 3.05) is 14.1 Å². The van der Waals surface area contributed by atoms with Gasteiger partial charge in [-0.15, -0.1) is 0 Å². The molecule has 0 radical (unpaired) electrons. The van der Waals surface area contributed by atoms with E-state index >= 15 is 0 Å². The van der Waals surface area contributed by atoms with Crippen molar-refractivity contribution in [3.8, 4) is 11.1 Å². The van der Waals surface area contributed by atoms with Gasteiger partial charge in [0.2, 0.25) is 0 Å². The van der Waals surface area contributed by atoms with Crippen molar-refractivity contribution in [2.24, 2.45) is 0 Å². The van der Waals surface area contributed by atoms with E-state index in [9.17, 15) is 0 Å². The molecule has 3 aromatic rings. The maximum atomic E-state index is 3.68. The van der Waals surface area contributed by atoms with Crippen LogP contribution in [0.1, 0.15) is 16.7 Å². The van der Waals surface area contributed by atoms with Gasteiger partial charge in [-0.3, -0.25) is 4.90 Å². The molecule has 24 heavy (non-hydrogen) atoms. The zero-order chi connectivity index (χ0) is 16.7. The molecule has 0 N–H and O–H groups in total. The van der Waals surface area contributed by atoms with Gasteiger partial charge in [-0.1, -0.05) is 76.6 Å². The van der Waals surface area contributed by atoms with Crippen LogP contribution < -0.4 is 0 Å². The van der Waals surface area contributed by atoms with Crippen LogP contribution in [0.25, 0.3) is 11.1 Å². The number of likely N-dealkylation sites (N-methyl/N-ethyl adjacent to an activating group) is 1. The molecule has 0 bridgehead atoms. The fourth-order valence-corrected chi connectivity index (χ4v) is 4.40. The molecule has 0 heterocycles. The Kier molecular flexibility index (Phi) is 3.82. The van der Waals surface area contributed by atoms with E-state index in [0.717, 1.165) is 10.9 Å². The SMILES string of the molecule is CN(C)[C@@]1(Cc2ccccc2)c2ccccc2-c2ccc(Br)cc21. The summed E-state index contributed by atoms with van der Waals surface area (Å²) in [5, 5.41) is 0. The van der Waals surface area contributed by atoms with E-state index in [1.165, 1.54) is 27.8 Å². The van der Waals surface area contributed by atoms with Gasteiger partial charge in [0.1, 0.15) is 0 Å². The number of fused-ring (bicyclic) bond motifs is 3. The van der Waals surface area contributed by atoms with Crippen LogP contribution in [0.3, 0.4) is 0 Å². The Bertz CT molecular complexity index is 885. The van der Waals surface area contributed by atoms with E-state index in [1.54, 1.807) is 0 Å². The first-order chi connectivity index (χ1) is 11.6. The summed E-state index contributed by atoms with van der Waals surface area (Å²) in [6.07, 6.45) is 0.960. The Hall–Kier alpha value is -1.90. The molecular weight excluding hydrogens is 358 g/mol. The fourth-order valence-electron chi connectivity index (χ4n) is 4.04. The summed E-state index contributed by atoms with van der Waals surface area (Å²) in [5.74, 6) is 0. The third kappa shape index (κ3) is 2.25. The Morgan fingerprint density at radius 2 is 1.46 bits per heavy atom. The molecule has 0 saturated heterocycles. The van der Waals surface area contributed by atoms with Crippen LogP contribution in [0.5, 0.6) is 0 Å². The van der Waals surface area contributed by atoms with Crippen molar-refractivity contribution in [1.82, 2.24) is 4.90 Å². The van der Waals surface area contributed by atoms with Crippen LogP contribution >= 0.6 is 15.9 Å². The zero-order valence-electron chi connectivity index (χ0n) is 14.0. The van der Waals surface area contributed by atoms with Gasteiger partial charge in [-0.2, -0.15) is 0 Å². The molecule has 1 nitrogen and oxygen atoms in total. The zero-order valence-corrected chi connectivity index (χ0v) is 15.5. The average Bonchev–Trinajstić information content (AvgIpc) is 2.87. The molecule has 4 rings (SSSR count). The van der Waals surface area contributed by atoms with E-state index < -0.39 is 0 Å². The minimum Gasteiger partial charge on any atom is -0.296 e. The molecule has 120 valence electrons. The lowest BCUT2D eigenvalue weighted by atomic mass is 9.80. The highest BCUT2D eigenvalue weighted by Crippen LogP contribution is 2.52. The molecule has 0 amide bonds. The number of hydrogen-bond acceptors (Lipinski definition) is 1. The summed E-state index contributed by atoms with van der Waals surface area (Å²) < 4.78 is 1.13. The van der Waals surface area contributed by atoms with Crippen molar-refractivity contribution in [1.29, 1.82) is 0 Å². The Morgan fingerprint density at radius 3 is 2.21 bits per heavy atom. The van der Waals surface area contributed by atoms with E-state index in [-0.39, 0.29) is 5.54 Å². The predicted octanol–water partition coefficient (Wildman–Crippen LogP) is 5.48. The Labute approximate surface area is 152 Å². The van der Waals surface area contributed by atoms with Crippen LogP contribution in [0.4, 0.5) is 0 Å². The molecule has 0 saturated carbocycles. The van der Waals surface area contributed by atoms with Crippen molar-refractivity contribution in [3.63, 3.8) is 0 Å². The Balaban J connectivity index is 2.01. The van der Waals surface area contributed by atoms with E-state index in [2.05, 4.69) is 108 Å². The first-order valence-corrected chi connectivity index (χ1v) is 9.03. The molecule has 1 aliphatic rings. The first-order valence-electron chi connectivity index (χ1n) is 8.24. The number of benzene rings is 3. The highest BCUT2D eigenvalue weighted by Gasteiger charge is 2.44. The smallest absolute Gasteiger partial charge is 0.0763 e. The summed E-state index contributed by atoms with van der Waals surface area (Å²) in [7, 11) is 4.38. The van der Waals surface area contributed by atoms with Gasteiger partial charge in [0.15, 0.2) is 0 Å². The third-order valence-electron chi connectivity index (χ3n) is 5.16. The van der Waals surface area contributed by atoms with Gasteiger partial charge in [-0.05, 0) is 60.5 Å². The minimum atomic E-state index is -0.142. The van der Waals surface area contributed by atoms with Crippen LogP contribution in [-0.2, 0) is 12.0 Å². The maximum Gasteiger partial charge on any atom is 0.0763 e. The number of nitrogens with zero attached hydrogens (tertiary/aromatic N) is 1. The third-order valence-corrected chi connectivity index (χ3v) is 5.65. The second-order valence-corrected chi connectivity index (χ2v) is 7.57. The topological polar surface area (TPSA) is 3.24 Å². The monoisotopic (exact) mass is 377 g/mol. The lowest BCUT2D eigenvalue weighted by molar-refractivity contribution is 0.204. The van der Waals surface area contributed by atoms with Crippen molar-refractivity contribution >= 4 is 15.9 Å². The van der Waals surface area contributed by atoms with Gasteiger partial charge in [-0.25, -0.2) is 0 Å². The molecule has 0 fully saturated rings. The first kappa shape index (κ1) is 15.6. The minimum absolute atomic E-state index is 0.142. The molecule has 0 aliphatic heterocycles. The molecule has 1 aliphatic carbocycles. The van der Waals surface area contributed by atoms with Crippen molar-refractivity contribution in [2.45, 2.75) is 12.0 Å². The predicted molar refractivity (Wildman–Crippen MR) is 104 cm³/mol. The normalized spacial score (nSPS) is 18.5. The number of hydrogen-bond donors (Lipinski definition) is 0. The van der Waals surface area contributed by atoms with Crippen LogP contribution in [0.2, 0.25) is 0 Å². The van der Waals surface area contributed by atoms with Crippen molar-refractivity contribution < 1.29 is 0 Å². The maximum absolute atomic E-state index is 3.68. The average molecular weight is 378 g/mol. The Morgan fingerprint density at radius 1 is 0.792 bits per heavy atom. The summed E-state index contributed by atoms with van der Waals surface area (Å²) in [6.45, 7) is 0. The highest BCUT2D eigenvalue weighted by atomic mass is 79.9. The van der Waals surface area contributed by atoms with Crippen LogP contribution in [0.15, 0.2) is 77.3 Å². The van der Waals surface area contributed by atoms with E-state index in [1.807, 2.05) is 0 Å². The van der Waals surface area contributed by atoms with Crippen LogP contribution in [0, 0.1) is 0 Å². The van der Waals surface area contributed by atoms with Gasteiger partial charge in [0.25, 0.3) is 0 Å². The molecule has 2 heteroatoms. The molecule has 0 aromatic heterocycles. The lowest BCUT2D eigenvalue weighted by Gasteiger charge is -2.39. The van der Waals surface area contributed by atoms with Gasteiger partial charge in [0.05, 0.1) is 5.54 Å². The molecule has 3 aromatic carbocycles. The second-order valence-electron chi connectivity index (χ2n) is 6.65. The number of rotatable bonds is 3.